The SMILES string of the molecule is CCS(=O)(=O)NC1CCN(C(=O)C(N)CCC(=O)O)CC1. The van der Waals surface area contributed by atoms with Crippen LogP contribution in [0.3, 0.4) is 0 Å². The van der Waals surface area contributed by atoms with Gasteiger partial charge >= 0.3 is 5.97 Å². The van der Waals surface area contributed by atoms with Gasteiger partial charge in [-0.1, -0.05) is 0 Å². The normalized spacial score (nSPS) is 18.5. The molecule has 0 aromatic heterocycles. The summed E-state index contributed by atoms with van der Waals surface area (Å²) in [5.41, 5.74) is 5.69. The lowest BCUT2D eigenvalue weighted by Gasteiger charge is -2.33. The van der Waals surface area contributed by atoms with Crippen molar-refractivity contribution in [2.24, 2.45) is 5.73 Å². The number of carboxylic acids is 1. The molecule has 1 atom stereocenters. The van der Waals surface area contributed by atoms with Gasteiger partial charge in [0.1, 0.15) is 0 Å². The maximum atomic E-state index is 12.0. The van der Waals surface area contributed by atoms with Crippen LogP contribution in [-0.2, 0) is 19.6 Å². The van der Waals surface area contributed by atoms with Crippen LogP contribution in [0.4, 0.5) is 0 Å². The number of nitrogens with two attached hydrogens (primary N) is 1. The van der Waals surface area contributed by atoms with Gasteiger partial charge in [-0.05, 0) is 26.2 Å². The summed E-state index contributed by atoms with van der Waals surface area (Å²) in [5.74, 6) is -1.22. The van der Waals surface area contributed by atoms with Gasteiger partial charge in [0, 0.05) is 25.6 Å². The lowest BCUT2D eigenvalue weighted by molar-refractivity contribution is -0.137. The molecule has 1 heterocycles. The second kappa shape index (κ2) is 7.71. The van der Waals surface area contributed by atoms with Gasteiger partial charge in [0.2, 0.25) is 15.9 Å². The Balaban J connectivity index is 2.41. The van der Waals surface area contributed by atoms with Crippen LogP contribution < -0.4 is 10.5 Å². The Bertz CT molecular complexity index is 471. The molecule has 0 aromatic carbocycles. The molecule has 1 aliphatic rings. The molecule has 1 aliphatic heterocycles. The molecule has 8 nitrogen and oxygen atoms in total. The highest BCUT2D eigenvalue weighted by Gasteiger charge is 2.28. The number of hydrogen-bond acceptors (Lipinski definition) is 5. The topological polar surface area (TPSA) is 130 Å². The lowest BCUT2D eigenvalue weighted by Crippen LogP contribution is -2.51. The van der Waals surface area contributed by atoms with Gasteiger partial charge < -0.3 is 15.7 Å². The highest BCUT2D eigenvalue weighted by molar-refractivity contribution is 7.89. The first kappa shape index (κ1) is 17.9. The number of carbonyl (C=O) groups is 2. The summed E-state index contributed by atoms with van der Waals surface area (Å²) < 4.78 is 25.5. The van der Waals surface area contributed by atoms with Gasteiger partial charge in [0.05, 0.1) is 11.8 Å². The Hall–Kier alpha value is -1.19. The van der Waals surface area contributed by atoms with Crippen molar-refractivity contribution in [3.63, 3.8) is 0 Å². The fourth-order valence-electron chi connectivity index (χ4n) is 2.19. The van der Waals surface area contributed by atoms with Crippen molar-refractivity contribution in [2.75, 3.05) is 18.8 Å². The van der Waals surface area contributed by atoms with Gasteiger partial charge in [0.15, 0.2) is 0 Å². The third-order valence-electron chi connectivity index (χ3n) is 3.52. The Kier molecular flexibility index (Phi) is 6.56. The predicted octanol–water partition coefficient (Wildman–Crippen LogP) is -0.891. The van der Waals surface area contributed by atoms with Crippen molar-refractivity contribution in [1.82, 2.24) is 9.62 Å². The smallest absolute Gasteiger partial charge is 0.303 e. The molecule has 0 bridgehead atoms. The molecule has 1 unspecified atom stereocenters. The number of amides is 1. The van der Waals surface area contributed by atoms with Gasteiger partial charge in [-0.3, -0.25) is 9.59 Å². The summed E-state index contributed by atoms with van der Waals surface area (Å²) in [7, 11) is -3.23. The molecular weight excluding hydrogens is 298 g/mol. The molecule has 0 aliphatic carbocycles. The number of nitrogens with one attached hydrogen (secondary N) is 1. The molecule has 0 radical (unpaired) electrons. The summed E-state index contributed by atoms with van der Waals surface area (Å²) in [5, 5.41) is 8.58. The minimum atomic E-state index is -3.23. The standard InChI is InChI=1S/C12H23N3O5S/c1-2-21(19,20)14-9-5-7-15(8-6-9)12(18)10(13)3-4-11(16)17/h9-10,14H,2-8,13H2,1H3,(H,16,17). The van der Waals surface area contributed by atoms with Crippen LogP contribution in [0.5, 0.6) is 0 Å². The molecule has 0 spiro atoms. The molecule has 1 fully saturated rings. The fraction of sp³-hybridized carbons (Fsp3) is 0.833. The van der Waals surface area contributed by atoms with E-state index in [0.717, 1.165) is 0 Å². The zero-order valence-electron chi connectivity index (χ0n) is 12.1. The maximum absolute atomic E-state index is 12.0. The van der Waals surface area contributed by atoms with E-state index in [1.807, 2.05) is 0 Å². The van der Waals surface area contributed by atoms with Crippen molar-refractivity contribution in [1.29, 1.82) is 0 Å². The highest BCUT2D eigenvalue weighted by atomic mass is 32.2. The van der Waals surface area contributed by atoms with Crippen LogP contribution in [0.2, 0.25) is 0 Å². The largest absolute Gasteiger partial charge is 0.481 e. The molecule has 1 saturated heterocycles. The summed E-state index contributed by atoms with van der Waals surface area (Å²) >= 11 is 0. The number of piperidine rings is 1. The molecule has 21 heavy (non-hydrogen) atoms. The van der Waals surface area contributed by atoms with Crippen molar-refractivity contribution in [2.45, 2.75) is 44.7 Å². The maximum Gasteiger partial charge on any atom is 0.303 e. The number of hydrogen-bond donors (Lipinski definition) is 3. The van der Waals surface area contributed by atoms with E-state index in [2.05, 4.69) is 4.72 Å². The van der Waals surface area contributed by atoms with E-state index in [1.54, 1.807) is 11.8 Å². The summed E-state index contributed by atoms with van der Waals surface area (Å²) in [6, 6.07) is -0.973. The molecule has 4 N–H and O–H groups in total. The highest BCUT2D eigenvalue weighted by Crippen LogP contribution is 2.13. The zero-order valence-corrected chi connectivity index (χ0v) is 12.9. The van der Waals surface area contributed by atoms with Crippen molar-refractivity contribution in [3.8, 4) is 0 Å². The van der Waals surface area contributed by atoms with Gasteiger partial charge in [-0.15, -0.1) is 0 Å². The van der Waals surface area contributed by atoms with E-state index in [-0.39, 0.29) is 30.5 Å². The zero-order chi connectivity index (χ0) is 16.0. The third kappa shape index (κ3) is 5.98. The van der Waals surface area contributed by atoms with E-state index in [4.69, 9.17) is 10.8 Å². The third-order valence-corrected chi connectivity index (χ3v) is 4.97. The molecule has 9 heteroatoms. The van der Waals surface area contributed by atoms with Gasteiger partial charge in [-0.25, -0.2) is 13.1 Å². The molecule has 1 rings (SSSR count). The lowest BCUT2D eigenvalue weighted by atomic mass is 10.0. The second-order valence-corrected chi connectivity index (χ2v) is 7.20. The number of sulfonamides is 1. The Morgan fingerprint density at radius 2 is 1.95 bits per heavy atom. The quantitative estimate of drug-likeness (QED) is 0.557. The fourth-order valence-corrected chi connectivity index (χ4v) is 3.10. The number of aliphatic carboxylic acids is 1. The predicted molar refractivity (Wildman–Crippen MR) is 77.0 cm³/mol. The number of carbonyl (C=O) groups excluding carboxylic acids is 1. The van der Waals surface area contributed by atoms with Crippen molar-refractivity contribution < 1.29 is 23.1 Å². The minimum absolute atomic E-state index is 0.0339. The van der Waals surface area contributed by atoms with Crippen molar-refractivity contribution >= 4 is 21.9 Å². The molecule has 1 amide bonds. The number of nitrogens with zero attached hydrogens (tertiary/aromatic N) is 1. The molecular formula is C12H23N3O5S. The van der Waals surface area contributed by atoms with Crippen molar-refractivity contribution in [3.05, 3.63) is 0 Å². The Morgan fingerprint density at radius 1 is 1.38 bits per heavy atom. The monoisotopic (exact) mass is 321 g/mol. The summed E-state index contributed by atoms with van der Waals surface area (Å²) in [4.78, 5) is 24.1. The first-order valence-electron chi connectivity index (χ1n) is 7.01. The van der Waals surface area contributed by atoms with Crippen LogP contribution in [-0.4, -0.2) is 61.2 Å². The van der Waals surface area contributed by atoms with E-state index in [9.17, 15) is 18.0 Å². The molecule has 122 valence electrons. The van der Waals surface area contributed by atoms with Crippen LogP contribution in [0.15, 0.2) is 0 Å². The van der Waals surface area contributed by atoms with Gasteiger partial charge in [0.25, 0.3) is 0 Å². The first-order chi connectivity index (χ1) is 9.75. The van der Waals surface area contributed by atoms with Gasteiger partial charge in [-0.2, -0.15) is 0 Å². The first-order valence-corrected chi connectivity index (χ1v) is 8.66. The molecule has 0 saturated carbocycles. The minimum Gasteiger partial charge on any atom is -0.481 e. The average Bonchev–Trinajstić information content (AvgIpc) is 2.44. The number of carboxylic acid groups (broad SMARTS) is 1. The van der Waals surface area contributed by atoms with Crippen LogP contribution >= 0.6 is 0 Å². The Morgan fingerprint density at radius 3 is 2.43 bits per heavy atom. The van der Waals surface area contributed by atoms with E-state index in [0.29, 0.717) is 25.9 Å². The van der Waals surface area contributed by atoms with Crippen LogP contribution in [0, 0.1) is 0 Å². The van der Waals surface area contributed by atoms with Crippen LogP contribution in [0.1, 0.15) is 32.6 Å². The summed E-state index contributed by atoms with van der Waals surface area (Å²) in [6.07, 6.45) is 1.05. The Labute approximate surface area is 124 Å². The number of likely N-dealkylation sites (tertiary alicyclic amines) is 1. The average molecular weight is 321 g/mol. The van der Waals surface area contributed by atoms with E-state index >= 15 is 0 Å². The van der Waals surface area contributed by atoms with E-state index < -0.39 is 22.0 Å². The summed E-state index contributed by atoms with van der Waals surface area (Å²) in [6.45, 7) is 2.43. The van der Waals surface area contributed by atoms with Crippen LogP contribution in [0.25, 0.3) is 0 Å². The number of rotatable bonds is 7. The second-order valence-electron chi connectivity index (χ2n) is 5.16. The van der Waals surface area contributed by atoms with E-state index in [1.165, 1.54) is 0 Å². The molecule has 0 aromatic rings.